The normalized spacial score (nSPS) is 12.0. The van der Waals surface area contributed by atoms with E-state index in [0.29, 0.717) is 28.2 Å². The Balaban J connectivity index is 1.50. The van der Waals surface area contributed by atoms with Crippen molar-refractivity contribution in [1.29, 1.82) is 10.5 Å². The number of nitriles is 2. The molecule has 0 saturated carbocycles. The van der Waals surface area contributed by atoms with Crippen LogP contribution in [0.1, 0.15) is 28.7 Å². The fraction of sp³-hybridized carbons (Fsp3) is 0.0476. The summed E-state index contributed by atoms with van der Waals surface area (Å²) in [5, 5.41) is 23.3. The molecule has 0 amide bonds. The van der Waals surface area contributed by atoms with Crippen molar-refractivity contribution in [1.82, 2.24) is 9.97 Å². The van der Waals surface area contributed by atoms with E-state index in [1.54, 1.807) is 6.07 Å². The van der Waals surface area contributed by atoms with Gasteiger partial charge in [-0.15, -0.1) is 0 Å². The Kier molecular flexibility index (Phi) is 6.68. The van der Waals surface area contributed by atoms with Crippen LogP contribution in [0.5, 0.6) is 0 Å². The van der Waals surface area contributed by atoms with Gasteiger partial charge >= 0.3 is 0 Å². The van der Waals surface area contributed by atoms with E-state index in [1.807, 2.05) is 42.5 Å². The fourth-order valence-electron chi connectivity index (χ4n) is 6.47. The molecule has 1 aliphatic carbocycles. The molecule has 6 aromatic carbocycles. The van der Waals surface area contributed by atoms with Gasteiger partial charge in [0.15, 0.2) is 5.82 Å². The molecular formula is C42H26N4. The van der Waals surface area contributed by atoms with Gasteiger partial charge < -0.3 is 0 Å². The summed E-state index contributed by atoms with van der Waals surface area (Å²) < 4.78 is 0. The summed E-state index contributed by atoms with van der Waals surface area (Å²) in [5.74, 6) is 0.449. The lowest BCUT2D eigenvalue weighted by Gasteiger charge is -2.17. The van der Waals surface area contributed by atoms with Crippen molar-refractivity contribution >= 4 is 27.8 Å². The summed E-state index contributed by atoms with van der Waals surface area (Å²) in [7, 11) is 0. The van der Waals surface area contributed by atoms with Crippen molar-refractivity contribution in [3.05, 3.63) is 150 Å². The summed E-state index contributed by atoms with van der Waals surface area (Å²) in [4.78, 5) is 10.3. The molecule has 0 unspecified atom stereocenters. The second-order valence-electron chi connectivity index (χ2n) is 11.5. The van der Waals surface area contributed by atoms with Crippen molar-refractivity contribution < 1.29 is 0 Å². The third-order valence-electron chi connectivity index (χ3n) is 8.81. The smallest absolute Gasteiger partial charge is 0.161 e. The van der Waals surface area contributed by atoms with Crippen LogP contribution in [0.15, 0.2) is 127 Å². The van der Waals surface area contributed by atoms with E-state index >= 15 is 0 Å². The van der Waals surface area contributed by atoms with Crippen LogP contribution in [0.3, 0.4) is 0 Å². The maximum Gasteiger partial charge on any atom is 0.161 e. The van der Waals surface area contributed by atoms with Gasteiger partial charge in [0.2, 0.25) is 0 Å². The molecule has 0 saturated heterocycles. The zero-order valence-corrected chi connectivity index (χ0v) is 24.9. The number of aryl methyl sites for hydroxylation is 1. The van der Waals surface area contributed by atoms with Crippen LogP contribution < -0.4 is 0 Å². The minimum absolute atomic E-state index is 0.449. The molecule has 4 heteroatoms. The second-order valence-corrected chi connectivity index (χ2v) is 11.5. The Hall–Kier alpha value is -6.36. The van der Waals surface area contributed by atoms with Crippen molar-refractivity contribution in [2.45, 2.75) is 12.8 Å². The molecule has 7 aromatic rings. The predicted octanol–water partition coefficient (Wildman–Crippen LogP) is 10.2. The van der Waals surface area contributed by atoms with Gasteiger partial charge in [0.05, 0.1) is 34.5 Å². The molecule has 0 N–H and O–H groups in total. The molecule has 1 heterocycles. The third kappa shape index (κ3) is 4.70. The van der Waals surface area contributed by atoms with Gasteiger partial charge in [-0.2, -0.15) is 10.5 Å². The van der Waals surface area contributed by atoms with Crippen molar-refractivity contribution in [3.8, 4) is 57.0 Å². The molecular weight excluding hydrogens is 560 g/mol. The number of allylic oxidation sites excluding steroid dienone is 1. The van der Waals surface area contributed by atoms with Gasteiger partial charge in [-0.25, -0.2) is 9.97 Å². The first-order valence-corrected chi connectivity index (χ1v) is 15.3. The molecule has 4 nitrogen and oxygen atoms in total. The number of aromatic nitrogens is 2. The number of fused-ring (bicyclic) bond motifs is 3. The minimum Gasteiger partial charge on any atom is -0.227 e. The number of benzene rings is 6. The van der Waals surface area contributed by atoms with Crippen molar-refractivity contribution in [3.63, 3.8) is 0 Å². The molecule has 46 heavy (non-hydrogen) atoms. The summed E-state index contributed by atoms with van der Waals surface area (Å²) in [5.41, 5.74) is 10.5. The highest BCUT2D eigenvalue weighted by molar-refractivity contribution is 6.05. The number of rotatable bonds is 4. The van der Waals surface area contributed by atoms with Crippen LogP contribution in [0.25, 0.3) is 72.7 Å². The quantitative estimate of drug-likeness (QED) is 0.206. The van der Waals surface area contributed by atoms with Gasteiger partial charge in [0.25, 0.3) is 0 Å². The highest BCUT2D eigenvalue weighted by atomic mass is 14.9. The number of hydrogen-bond acceptors (Lipinski definition) is 4. The highest BCUT2D eigenvalue weighted by Gasteiger charge is 2.20. The average Bonchev–Trinajstić information content (AvgIpc) is 3.13. The van der Waals surface area contributed by atoms with Gasteiger partial charge in [0.1, 0.15) is 0 Å². The Labute approximate surface area is 267 Å². The summed E-state index contributed by atoms with van der Waals surface area (Å²) >= 11 is 0. The van der Waals surface area contributed by atoms with E-state index in [4.69, 9.17) is 9.97 Å². The second kappa shape index (κ2) is 11.3. The van der Waals surface area contributed by atoms with Gasteiger partial charge in [-0.3, -0.25) is 0 Å². The van der Waals surface area contributed by atoms with Crippen molar-refractivity contribution in [2.75, 3.05) is 0 Å². The molecule has 1 aromatic heterocycles. The topological polar surface area (TPSA) is 73.4 Å². The van der Waals surface area contributed by atoms with E-state index in [1.165, 1.54) is 16.5 Å². The first kappa shape index (κ1) is 27.2. The Morgan fingerprint density at radius 2 is 1.28 bits per heavy atom. The van der Waals surface area contributed by atoms with Crippen LogP contribution >= 0.6 is 0 Å². The van der Waals surface area contributed by atoms with Gasteiger partial charge in [-0.1, -0.05) is 91.0 Å². The zero-order chi connectivity index (χ0) is 31.0. The molecule has 1 aliphatic rings. The zero-order valence-electron chi connectivity index (χ0n) is 24.9. The average molecular weight is 587 g/mol. The molecule has 0 fully saturated rings. The first-order valence-electron chi connectivity index (χ1n) is 15.3. The van der Waals surface area contributed by atoms with E-state index in [-0.39, 0.29) is 0 Å². The first-order chi connectivity index (χ1) is 22.7. The SMILES string of the molecule is N#Cc1ccccc1-c1nc(-c2ccccc2C#N)c2cc(-c3ccc4ccccc4c3)cc(-c3ccc4c(c3)C=CCC4)c2n1. The van der Waals surface area contributed by atoms with Crippen LogP contribution in [0.2, 0.25) is 0 Å². The summed E-state index contributed by atoms with van der Waals surface area (Å²) in [6.45, 7) is 0. The Morgan fingerprint density at radius 1 is 0.565 bits per heavy atom. The molecule has 0 spiro atoms. The highest BCUT2D eigenvalue weighted by Crippen LogP contribution is 2.40. The van der Waals surface area contributed by atoms with Crippen molar-refractivity contribution in [2.24, 2.45) is 0 Å². The molecule has 0 aliphatic heterocycles. The van der Waals surface area contributed by atoms with Gasteiger partial charge in [-0.05, 0) is 93.9 Å². The molecule has 0 atom stereocenters. The van der Waals surface area contributed by atoms with Crippen LogP contribution in [-0.4, -0.2) is 9.97 Å². The van der Waals surface area contributed by atoms with E-state index in [9.17, 15) is 10.5 Å². The third-order valence-corrected chi connectivity index (χ3v) is 8.81. The Morgan fingerprint density at radius 3 is 2.11 bits per heavy atom. The maximum atomic E-state index is 10.2. The molecule has 8 rings (SSSR count). The fourth-order valence-corrected chi connectivity index (χ4v) is 6.47. The van der Waals surface area contributed by atoms with E-state index in [2.05, 4.69) is 97.1 Å². The lowest BCUT2D eigenvalue weighted by atomic mass is 9.89. The summed E-state index contributed by atoms with van der Waals surface area (Å²) in [6.07, 6.45) is 6.50. The number of nitrogens with zero attached hydrogens (tertiary/aromatic N) is 4. The van der Waals surface area contributed by atoms with Crippen LogP contribution in [0.4, 0.5) is 0 Å². The van der Waals surface area contributed by atoms with Crippen LogP contribution in [0, 0.1) is 22.7 Å². The standard InChI is InChI=1S/C42H26N4/c43-25-33-13-5-7-15-36(33)40-39-24-35(31-19-17-27-9-1-3-11-29(27)21-31)23-38(32-20-18-28-10-2-4-12-30(28)22-32)41(39)46-42(45-40)37-16-8-6-14-34(37)26-44/h1,3-9,11-24H,2,10H2. The molecule has 214 valence electrons. The Bertz CT molecular complexity index is 2460. The summed E-state index contributed by atoms with van der Waals surface area (Å²) in [6, 6.07) is 45.5. The number of hydrogen-bond donors (Lipinski definition) is 0. The molecule has 0 bridgehead atoms. The lowest BCUT2D eigenvalue weighted by molar-refractivity contribution is 0.986. The largest absolute Gasteiger partial charge is 0.227 e. The van der Waals surface area contributed by atoms with Crippen LogP contribution in [-0.2, 0) is 6.42 Å². The maximum absolute atomic E-state index is 10.2. The lowest BCUT2D eigenvalue weighted by Crippen LogP contribution is -2.00. The monoisotopic (exact) mass is 586 g/mol. The predicted molar refractivity (Wildman–Crippen MR) is 186 cm³/mol. The van der Waals surface area contributed by atoms with E-state index < -0.39 is 0 Å². The minimum atomic E-state index is 0.449. The molecule has 0 radical (unpaired) electrons. The van der Waals surface area contributed by atoms with Gasteiger partial charge in [0, 0.05) is 22.1 Å². The van der Waals surface area contributed by atoms with E-state index in [0.717, 1.165) is 56.9 Å².